The molecule has 1 aliphatic carbocycles. The van der Waals surface area contributed by atoms with E-state index in [1.54, 1.807) is 24.3 Å². The van der Waals surface area contributed by atoms with Crippen molar-refractivity contribution in [2.45, 2.75) is 148 Å². The zero-order valence-corrected chi connectivity index (χ0v) is 32.1. The van der Waals surface area contributed by atoms with E-state index >= 15 is 0 Å². The van der Waals surface area contributed by atoms with E-state index in [4.69, 9.17) is 18.9 Å². The first-order valence-corrected chi connectivity index (χ1v) is 20.5. The summed E-state index contributed by atoms with van der Waals surface area (Å²) in [6, 6.07) is 23.4. The van der Waals surface area contributed by atoms with Crippen molar-refractivity contribution in [3.8, 4) is 28.4 Å². The number of benzene rings is 3. The minimum Gasteiger partial charge on any atom is -0.494 e. The molecule has 0 radical (unpaired) electrons. The standard InChI is InChI=1S/C46H64O6/c1-3-4-5-14-19-37(2)51-46(48)41-26-32-44(33-27-41)52-43-30-24-40(25-31-43)39-22-28-42(29-23-39)49-34-17-11-9-7-6-8-10-12-18-35-50-45(47)36-38-20-15-13-16-21-38/h22-33,37-38H,3-21,34-36H2,1-2H3/t37-/m1/s1. The van der Waals surface area contributed by atoms with Gasteiger partial charge in [-0.2, -0.15) is 0 Å². The van der Waals surface area contributed by atoms with Crippen LogP contribution in [0.15, 0.2) is 72.8 Å². The molecule has 0 aromatic heterocycles. The third-order valence-corrected chi connectivity index (χ3v) is 10.1. The molecule has 4 rings (SSSR count). The lowest BCUT2D eigenvalue weighted by Crippen LogP contribution is -2.15. The molecular formula is C46H64O6. The molecular weight excluding hydrogens is 648 g/mol. The van der Waals surface area contributed by atoms with Crippen LogP contribution in [0, 0.1) is 5.92 Å². The Hall–Kier alpha value is -3.80. The highest BCUT2D eigenvalue weighted by atomic mass is 16.5. The SMILES string of the molecule is CCCCCC[C@@H](C)OC(=O)c1ccc(Oc2ccc(-c3ccc(OCCCCCCCCCCCOC(=O)CC4CCCCC4)cc3)cc2)cc1. The normalized spacial score (nSPS) is 13.7. The lowest BCUT2D eigenvalue weighted by molar-refractivity contribution is -0.145. The Morgan fingerprint density at radius 2 is 1.13 bits per heavy atom. The van der Waals surface area contributed by atoms with E-state index in [2.05, 4.69) is 31.2 Å². The van der Waals surface area contributed by atoms with Crippen LogP contribution in [0.1, 0.15) is 153 Å². The Morgan fingerprint density at radius 1 is 0.615 bits per heavy atom. The van der Waals surface area contributed by atoms with Gasteiger partial charge in [-0.25, -0.2) is 4.79 Å². The van der Waals surface area contributed by atoms with Crippen molar-refractivity contribution in [3.05, 3.63) is 78.4 Å². The van der Waals surface area contributed by atoms with Gasteiger partial charge in [0.25, 0.3) is 0 Å². The Morgan fingerprint density at radius 3 is 1.73 bits per heavy atom. The summed E-state index contributed by atoms with van der Waals surface area (Å²) in [6.45, 7) is 5.49. The van der Waals surface area contributed by atoms with Crippen LogP contribution in [0.5, 0.6) is 17.2 Å². The number of rotatable bonds is 25. The highest BCUT2D eigenvalue weighted by Crippen LogP contribution is 2.28. The predicted molar refractivity (Wildman–Crippen MR) is 211 cm³/mol. The van der Waals surface area contributed by atoms with Crippen LogP contribution >= 0.6 is 0 Å². The van der Waals surface area contributed by atoms with Gasteiger partial charge in [-0.05, 0) is 111 Å². The first kappa shape index (κ1) is 41.0. The molecule has 52 heavy (non-hydrogen) atoms. The second-order valence-corrected chi connectivity index (χ2v) is 14.7. The van der Waals surface area contributed by atoms with Gasteiger partial charge in [0.15, 0.2) is 0 Å². The molecule has 1 fully saturated rings. The van der Waals surface area contributed by atoms with Gasteiger partial charge < -0.3 is 18.9 Å². The molecule has 1 saturated carbocycles. The van der Waals surface area contributed by atoms with Gasteiger partial charge >= 0.3 is 11.9 Å². The van der Waals surface area contributed by atoms with E-state index in [1.807, 2.05) is 31.2 Å². The fourth-order valence-corrected chi connectivity index (χ4v) is 6.93. The number of unbranched alkanes of at least 4 members (excludes halogenated alkanes) is 11. The van der Waals surface area contributed by atoms with E-state index in [0.717, 1.165) is 61.3 Å². The van der Waals surface area contributed by atoms with Crippen molar-refractivity contribution in [3.63, 3.8) is 0 Å². The summed E-state index contributed by atoms with van der Waals surface area (Å²) >= 11 is 0. The van der Waals surface area contributed by atoms with Crippen LogP contribution in [0.25, 0.3) is 11.1 Å². The van der Waals surface area contributed by atoms with Gasteiger partial charge in [0.05, 0.1) is 24.9 Å². The summed E-state index contributed by atoms with van der Waals surface area (Å²) in [4.78, 5) is 24.5. The number of carbonyl (C=O) groups is 2. The van der Waals surface area contributed by atoms with Crippen LogP contribution in [0.4, 0.5) is 0 Å². The Balaban J connectivity index is 1.01. The summed E-state index contributed by atoms with van der Waals surface area (Å²) < 4.78 is 23.1. The fourth-order valence-electron chi connectivity index (χ4n) is 6.93. The molecule has 6 nitrogen and oxygen atoms in total. The lowest BCUT2D eigenvalue weighted by Gasteiger charge is -2.20. The summed E-state index contributed by atoms with van der Waals surface area (Å²) in [5.74, 6) is 2.60. The Kier molecular flexibility index (Phi) is 19.3. The maximum atomic E-state index is 12.5. The van der Waals surface area contributed by atoms with Gasteiger partial charge in [-0.15, -0.1) is 0 Å². The minimum absolute atomic E-state index is 0.0150. The van der Waals surface area contributed by atoms with Crippen molar-refractivity contribution in [2.24, 2.45) is 5.92 Å². The highest BCUT2D eigenvalue weighted by Gasteiger charge is 2.17. The van der Waals surface area contributed by atoms with E-state index in [1.165, 1.54) is 89.9 Å². The number of hydrogen-bond acceptors (Lipinski definition) is 6. The zero-order valence-electron chi connectivity index (χ0n) is 32.1. The van der Waals surface area contributed by atoms with E-state index in [0.29, 0.717) is 30.3 Å². The summed E-state index contributed by atoms with van der Waals surface area (Å²) in [7, 11) is 0. The third-order valence-electron chi connectivity index (χ3n) is 10.1. The second-order valence-electron chi connectivity index (χ2n) is 14.7. The first-order valence-electron chi connectivity index (χ1n) is 20.5. The largest absolute Gasteiger partial charge is 0.494 e. The van der Waals surface area contributed by atoms with Crippen LogP contribution in [-0.4, -0.2) is 31.3 Å². The van der Waals surface area contributed by atoms with Gasteiger partial charge in [0.1, 0.15) is 17.2 Å². The smallest absolute Gasteiger partial charge is 0.338 e. The molecule has 1 atom stereocenters. The second kappa shape index (κ2) is 24.4. The summed E-state index contributed by atoms with van der Waals surface area (Å²) in [5.41, 5.74) is 2.76. The molecule has 6 heteroatoms. The molecule has 3 aromatic rings. The fraction of sp³-hybridized carbons (Fsp3) is 0.565. The summed E-state index contributed by atoms with van der Waals surface area (Å²) in [5, 5.41) is 0. The average Bonchev–Trinajstić information content (AvgIpc) is 3.16. The maximum Gasteiger partial charge on any atom is 0.338 e. The predicted octanol–water partition coefficient (Wildman–Crippen LogP) is 13.1. The number of carbonyl (C=O) groups excluding carboxylic acids is 2. The van der Waals surface area contributed by atoms with Gasteiger partial charge in [0, 0.05) is 6.42 Å². The molecule has 284 valence electrons. The van der Waals surface area contributed by atoms with Crippen LogP contribution in [-0.2, 0) is 14.3 Å². The van der Waals surface area contributed by atoms with Crippen molar-refractivity contribution >= 4 is 11.9 Å². The first-order chi connectivity index (χ1) is 25.5. The number of ether oxygens (including phenoxy) is 4. The van der Waals surface area contributed by atoms with Crippen molar-refractivity contribution < 1.29 is 28.5 Å². The molecule has 0 spiro atoms. The van der Waals surface area contributed by atoms with Crippen LogP contribution in [0.3, 0.4) is 0 Å². The average molecular weight is 713 g/mol. The molecule has 0 N–H and O–H groups in total. The lowest BCUT2D eigenvalue weighted by atomic mass is 9.87. The zero-order chi connectivity index (χ0) is 36.6. The van der Waals surface area contributed by atoms with Gasteiger partial charge in [-0.1, -0.05) is 115 Å². The molecule has 3 aromatic carbocycles. The third kappa shape index (κ3) is 16.3. The van der Waals surface area contributed by atoms with E-state index < -0.39 is 0 Å². The molecule has 0 aliphatic heterocycles. The molecule has 0 heterocycles. The quantitative estimate of drug-likeness (QED) is 0.0643. The van der Waals surface area contributed by atoms with Gasteiger partial charge in [-0.3, -0.25) is 4.79 Å². The van der Waals surface area contributed by atoms with Crippen LogP contribution in [0.2, 0.25) is 0 Å². The highest BCUT2D eigenvalue weighted by molar-refractivity contribution is 5.89. The molecule has 0 saturated heterocycles. The van der Waals surface area contributed by atoms with Crippen LogP contribution < -0.4 is 9.47 Å². The van der Waals surface area contributed by atoms with E-state index in [-0.39, 0.29) is 18.0 Å². The van der Waals surface area contributed by atoms with Crippen molar-refractivity contribution in [1.82, 2.24) is 0 Å². The molecule has 0 unspecified atom stereocenters. The van der Waals surface area contributed by atoms with Gasteiger partial charge in [0.2, 0.25) is 0 Å². The molecule has 0 amide bonds. The van der Waals surface area contributed by atoms with E-state index in [9.17, 15) is 9.59 Å². The molecule has 0 bridgehead atoms. The van der Waals surface area contributed by atoms with Crippen molar-refractivity contribution in [2.75, 3.05) is 13.2 Å². The Bertz CT molecular complexity index is 1390. The topological polar surface area (TPSA) is 71.1 Å². The number of esters is 2. The maximum absolute atomic E-state index is 12.5. The monoisotopic (exact) mass is 712 g/mol. The van der Waals surface area contributed by atoms with Crippen molar-refractivity contribution in [1.29, 1.82) is 0 Å². The number of hydrogen-bond donors (Lipinski definition) is 0. The Labute approximate surface area is 314 Å². The molecule has 1 aliphatic rings. The minimum atomic E-state index is -0.290. The summed E-state index contributed by atoms with van der Waals surface area (Å²) in [6.07, 6.45) is 23.1.